The van der Waals surface area contributed by atoms with Crippen molar-refractivity contribution in [2.24, 2.45) is 0 Å². The summed E-state index contributed by atoms with van der Waals surface area (Å²) in [5.74, 6) is -2.31. The molecule has 1 rings (SSSR count). The summed E-state index contributed by atoms with van der Waals surface area (Å²) in [6.07, 6.45) is -5.78. The van der Waals surface area contributed by atoms with E-state index in [4.69, 9.17) is 0 Å². The topological polar surface area (TPSA) is 107 Å². The molecular weight excluding hydrogens is 432 g/mol. The van der Waals surface area contributed by atoms with E-state index in [-0.39, 0.29) is 5.56 Å². The Hall–Kier alpha value is -1.87. The molecule has 0 spiro atoms. The Kier molecular flexibility index (Phi) is 6.55. The molecule has 0 aromatic heterocycles. The van der Waals surface area contributed by atoms with Gasteiger partial charge in [0, 0.05) is 6.04 Å². The van der Waals surface area contributed by atoms with Crippen molar-refractivity contribution >= 4 is 26.1 Å². The SMILES string of the molecule is CC(Cc1ccccc1S(=O)(=O)OS(=O)(=O)C(F)(F)F)NC(=O)C(F)(F)F. The molecule has 0 saturated heterocycles. The van der Waals surface area contributed by atoms with Crippen molar-refractivity contribution in [1.29, 1.82) is 0 Å². The highest BCUT2D eigenvalue weighted by Crippen LogP contribution is 2.29. The van der Waals surface area contributed by atoms with Crippen LogP contribution in [0.4, 0.5) is 26.3 Å². The zero-order valence-electron chi connectivity index (χ0n) is 13.1. The number of alkyl halides is 6. The number of halogens is 6. The van der Waals surface area contributed by atoms with Crippen LogP contribution in [-0.4, -0.2) is 40.5 Å². The summed E-state index contributed by atoms with van der Waals surface area (Å²) in [6.45, 7) is 1.07. The first-order valence-corrected chi connectivity index (χ1v) is 9.52. The first-order chi connectivity index (χ1) is 12.0. The van der Waals surface area contributed by atoms with Gasteiger partial charge in [-0.2, -0.15) is 43.2 Å². The number of nitrogens with one attached hydrogen (secondary N) is 1. The van der Waals surface area contributed by atoms with Crippen molar-refractivity contribution < 1.29 is 51.6 Å². The van der Waals surface area contributed by atoms with Crippen molar-refractivity contribution in [2.75, 3.05) is 0 Å². The van der Waals surface area contributed by atoms with Gasteiger partial charge >= 0.3 is 37.8 Å². The molecule has 1 N–H and O–H groups in total. The lowest BCUT2D eigenvalue weighted by molar-refractivity contribution is -0.174. The summed E-state index contributed by atoms with van der Waals surface area (Å²) in [5, 5.41) is 1.52. The van der Waals surface area contributed by atoms with E-state index in [0.29, 0.717) is 6.07 Å². The molecule has 0 fully saturated rings. The molecule has 0 aliphatic heterocycles. The van der Waals surface area contributed by atoms with Gasteiger partial charge in [-0.15, -0.1) is 3.63 Å². The third-order valence-corrected chi connectivity index (χ3v) is 5.80. The van der Waals surface area contributed by atoms with Crippen LogP contribution in [0.5, 0.6) is 0 Å². The molecule has 1 unspecified atom stereocenters. The van der Waals surface area contributed by atoms with Crippen LogP contribution in [0.1, 0.15) is 12.5 Å². The number of hydrogen-bond acceptors (Lipinski definition) is 6. The molecular formula is C12H11F6NO6S2. The third kappa shape index (κ3) is 6.07. The molecule has 15 heteroatoms. The molecule has 27 heavy (non-hydrogen) atoms. The standard InChI is InChI=1S/C12H11F6NO6S2/c1-7(19-10(20)11(13,14)15)6-8-4-2-3-5-9(8)26(21,22)25-27(23,24)12(16,17)18/h2-5,7H,6H2,1H3,(H,19,20). The molecule has 1 amide bonds. The monoisotopic (exact) mass is 443 g/mol. The molecule has 0 aliphatic rings. The number of carbonyl (C=O) groups excluding carboxylic acids is 1. The van der Waals surface area contributed by atoms with Gasteiger partial charge in [0.05, 0.1) is 4.90 Å². The van der Waals surface area contributed by atoms with Gasteiger partial charge < -0.3 is 5.32 Å². The van der Waals surface area contributed by atoms with E-state index in [1.165, 1.54) is 11.4 Å². The Labute approximate surface area is 149 Å². The average Bonchev–Trinajstić information content (AvgIpc) is 2.44. The molecule has 1 aromatic rings. The quantitative estimate of drug-likeness (QED) is 0.531. The number of rotatable bonds is 6. The predicted octanol–water partition coefficient (Wildman–Crippen LogP) is 1.85. The summed E-state index contributed by atoms with van der Waals surface area (Å²) < 4.78 is 123. The van der Waals surface area contributed by atoms with E-state index >= 15 is 0 Å². The number of benzene rings is 1. The van der Waals surface area contributed by atoms with E-state index in [1.54, 1.807) is 0 Å². The van der Waals surface area contributed by atoms with E-state index in [9.17, 15) is 48.0 Å². The molecule has 1 atom stereocenters. The predicted molar refractivity (Wildman–Crippen MR) is 77.1 cm³/mol. The van der Waals surface area contributed by atoms with Gasteiger partial charge in [-0.05, 0) is 25.0 Å². The van der Waals surface area contributed by atoms with Crippen molar-refractivity contribution in [3.05, 3.63) is 29.8 Å². The van der Waals surface area contributed by atoms with Gasteiger partial charge in [-0.3, -0.25) is 4.79 Å². The summed E-state index contributed by atoms with van der Waals surface area (Å²) >= 11 is 0. The van der Waals surface area contributed by atoms with Gasteiger partial charge in [0.25, 0.3) is 0 Å². The Bertz CT molecular complexity index is 907. The molecule has 154 valence electrons. The molecule has 0 radical (unpaired) electrons. The normalized spacial score (nSPS) is 14.6. The minimum absolute atomic E-state index is 0.371. The number of amides is 1. The van der Waals surface area contributed by atoms with Crippen molar-refractivity contribution in [3.8, 4) is 0 Å². The van der Waals surface area contributed by atoms with Gasteiger partial charge in [-0.25, -0.2) is 0 Å². The van der Waals surface area contributed by atoms with Gasteiger partial charge in [-0.1, -0.05) is 18.2 Å². The van der Waals surface area contributed by atoms with Crippen LogP contribution in [0.25, 0.3) is 0 Å². The average molecular weight is 443 g/mol. The van der Waals surface area contributed by atoms with Crippen LogP contribution in [0.2, 0.25) is 0 Å². The highest BCUT2D eigenvalue weighted by molar-refractivity contribution is 8.00. The highest BCUT2D eigenvalue weighted by atomic mass is 32.3. The van der Waals surface area contributed by atoms with Crippen LogP contribution >= 0.6 is 0 Å². The van der Waals surface area contributed by atoms with Crippen LogP contribution < -0.4 is 5.32 Å². The van der Waals surface area contributed by atoms with Crippen LogP contribution in [0, 0.1) is 0 Å². The molecule has 0 saturated carbocycles. The summed E-state index contributed by atoms with van der Waals surface area (Å²) in [7, 11) is -12.0. The van der Waals surface area contributed by atoms with Gasteiger partial charge in [0.15, 0.2) is 0 Å². The first-order valence-electron chi connectivity index (χ1n) is 6.70. The van der Waals surface area contributed by atoms with E-state index < -0.39 is 55.2 Å². The fraction of sp³-hybridized carbons (Fsp3) is 0.417. The largest absolute Gasteiger partial charge is 0.524 e. The maximum atomic E-state index is 12.3. The third-order valence-electron chi connectivity index (χ3n) is 2.87. The second kappa shape index (κ2) is 7.63. The fourth-order valence-electron chi connectivity index (χ4n) is 1.80. The summed E-state index contributed by atoms with van der Waals surface area (Å²) in [6, 6.07) is 2.64. The van der Waals surface area contributed by atoms with Crippen molar-refractivity contribution in [3.63, 3.8) is 0 Å². The summed E-state index contributed by atoms with van der Waals surface area (Å²) in [5.41, 5.74) is -6.38. The Balaban J connectivity index is 3.14. The van der Waals surface area contributed by atoms with E-state index in [1.807, 2.05) is 0 Å². The maximum absolute atomic E-state index is 12.3. The summed E-state index contributed by atoms with van der Waals surface area (Å²) in [4.78, 5) is 9.85. The highest BCUT2D eigenvalue weighted by Gasteiger charge is 2.50. The zero-order valence-corrected chi connectivity index (χ0v) is 14.8. The fourth-order valence-corrected chi connectivity index (χ4v) is 4.06. The lowest BCUT2D eigenvalue weighted by Gasteiger charge is -2.17. The van der Waals surface area contributed by atoms with E-state index in [2.05, 4.69) is 3.63 Å². The molecule has 0 aliphatic carbocycles. The molecule has 0 heterocycles. The van der Waals surface area contributed by atoms with E-state index in [0.717, 1.165) is 19.1 Å². The minimum atomic E-state index is -6.49. The Morgan fingerprint density at radius 2 is 1.59 bits per heavy atom. The van der Waals surface area contributed by atoms with Crippen molar-refractivity contribution in [2.45, 2.75) is 36.0 Å². The Morgan fingerprint density at radius 3 is 2.07 bits per heavy atom. The molecule has 7 nitrogen and oxygen atoms in total. The second-order valence-corrected chi connectivity index (χ2v) is 8.37. The first kappa shape index (κ1) is 23.2. The smallest absolute Gasteiger partial charge is 0.345 e. The van der Waals surface area contributed by atoms with Gasteiger partial charge in [0.2, 0.25) is 0 Å². The Morgan fingerprint density at radius 1 is 1.07 bits per heavy atom. The lowest BCUT2D eigenvalue weighted by Crippen LogP contribution is -2.42. The number of hydrogen-bond donors (Lipinski definition) is 1. The van der Waals surface area contributed by atoms with Crippen molar-refractivity contribution in [1.82, 2.24) is 5.32 Å². The van der Waals surface area contributed by atoms with Crippen LogP contribution in [0.3, 0.4) is 0 Å². The minimum Gasteiger partial charge on any atom is -0.345 e. The lowest BCUT2D eigenvalue weighted by atomic mass is 10.1. The zero-order chi connectivity index (χ0) is 21.3. The second-order valence-electron chi connectivity index (χ2n) is 5.11. The number of carbonyl (C=O) groups is 1. The van der Waals surface area contributed by atoms with Crippen LogP contribution in [-0.2, 0) is 35.1 Å². The van der Waals surface area contributed by atoms with Crippen LogP contribution in [0.15, 0.2) is 29.2 Å². The maximum Gasteiger partial charge on any atom is 0.524 e. The molecule has 1 aromatic carbocycles. The molecule has 0 bridgehead atoms. The van der Waals surface area contributed by atoms with Gasteiger partial charge in [0.1, 0.15) is 0 Å².